The van der Waals surface area contributed by atoms with E-state index < -0.39 is 0 Å². The molecule has 1 aromatic heterocycles. The summed E-state index contributed by atoms with van der Waals surface area (Å²) in [7, 11) is 1.62. The van der Waals surface area contributed by atoms with Gasteiger partial charge in [0, 0.05) is 0 Å². The van der Waals surface area contributed by atoms with Crippen LogP contribution >= 0.6 is 15.9 Å². The molecule has 0 bridgehead atoms. The molecule has 0 aliphatic carbocycles. The van der Waals surface area contributed by atoms with Gasteiger partial charge in [-0.2, -0.15) is 0 Å². The van der Waals surface area contributed by atoms with Crippen LogP contribution in [0.4, 0.5) is 0 Å². The third-order valence-electron chi connectivity index (χ3n) is 0.465. The van der Waals surface area contributed by atoms with Crippen LogP contribution in [0.1, 0.15) is 0 Å². The molecule has 1 heterocycles. The monoisotopic (exact) mass is 144 g/mol. The van der Waals surface area contributed by atoms with Gasteiger partial charge in [0.1, 0.15) is 0 Å². The molecular formula is C2H2BBrN2. The van der Waals surface area contributed by atoms with Crippen molar-refractivity contribution in [1.29, 1.82) is 0 Å². The van der Waals surface area contributed by atoms with E-state index in [0.717, 1.165) is 4.60 Å². The quantitative estimate of drug-likeness (QED) is 0.565. The number of hydrogen-bond donors (Lipinski definition) is 1. The molecule has 1 N–H and O–H groups in total. The third-order valence-corrected chi connectivity index (χ3v) is 0.899. The molecule has 0 radical (unpaired) electrons. The Morgan fingerprint density at radius 1 is 2.00 bits per heavy atom. The molecule has 0 spiro atoms. The Balaban J connectivity index is 3.05. The molecule has 0 aromatic carbocycles. The van der Waals surface area contributed by atoms with Crippen molar-refractivity contribution in [3.05, 3.63) is 10.8 Å². The molecular weight excluding hydrogens is 143 g/mol. The molecule has 0 amide bonds. The fourth-order valence-electron chi connectivity index (χ4n) is 0.242. The molecule has 1 rings (SSSR count). The third kappa shape index (κ3) is 0.682. The molecule has 0 unspecified atom stereocenters. The second-order valence-electron chi connectivity index (χ2n) is 0.892. The normalized spacial score (nSPS) is 8.17. The fraction of sp³-hybridized carbons (Fsp3) is 0. The first-order chi connectivity index (χ1) is 2.89. The van der Waals surface area contributed by atoms with Gasteiger partial charge < -0.3 is 0 Å². The van der Waals surface area contributed by atoms with E-state index in [9.17, 15) is 0 Å². The first-order valence-electron chi connectivity index (χ1n) is 1.54. The van der Waals surface area contributed by atoms with Gasteiger partial charge in [0.2, 0.25) is 0 Å². The van der Waals surface area contributed by atoms with E-state index in [0.29, 0.717) is 0 Å². The second-order valence-corrected chi connectivity index (χ2v) is 1.70. The summed E-state index contributed by atoms with van der Waals surface area (Å²) in [5, 5.41) is 0. The zero-order valence-electron chi connectivity index (χ0n) is 2.98. The predicted octanol–water partition coefficient (Wildman–Crippen LogP) is 0.510. The first kappa shape index (κ1) is 4.05. The van der Waals surface area contributed by atoms with Crippen LogP contribution in [0.25, 0.3) is 0 Å². The van der Waals surface area contributed by atoms with Crippen molar-refractivity contribution in [2.45, 2.75) is 0 Å². The van der Waals surface area contributed by atoms with Gasteiger partial charge in [-0.3, -0.25) is 0 Å². The average molecular weight is 145 g/mol. The van der Waals surface area contributed by atoms with Gasteiger partial charge in [-0.05, 0) is 0 Å². The molecule has 0 saturated heterocycles. The van der Waals surface area contributed by atoms with E-state index in [4.69, 9.17) is 0 Å². The minimum atomic E-state index is 0.850. The van der Waals surface area contributed by atoms with Crippen LogP contribution in [0, 0.1) is 0 Å². The maximum atomic E-state index is 3.78. The van der Waals surface area contributed by atoms with Crippen molar-refractivity contribution < 1.29 is 0 Å². The van der Waals surface area contributed by atoms with Crippen LogP contribution in [0.2, 0.25) is 0 Å². The summed E-state index contributed by atoms with van der Waals surface area (Å²) in [6, 6.07) is 0. The molecule has 30 valence electrons. The Bertz CT molecular complexity index is 115. The van der Waals surface area contributed by atoms with E-state index in [1.807, 2.05) is 0 Å². The summed E-state index contributed by atoms with van der Waals surface area (Å²) in [6.07, 6.45) is 1.76. The van der Waals surface area contributed by atoms with Gasteiger partial charge in [-0.1, -0.05) is 0 Å². The van der Waals surface area contributed by atoms with E-state index in [2.05, 4.69) is 25.7 Å². The molecule has 0 aliphatic rings. The molecule has 6 heavy (non-hydrogen) atoms. The molecule has 0 saturated carbocycles. The first-order valence-corrected chi connectivity index (χ1v) is 2.33. The van der Waals surface area contributed by atoms with Crippen LogP contribution in [0.5, 0.6) is 0 Å². The summed E-state index contributed by atoms with van der Waals surface area (Å²) >= 11 is 3.14. The Morgan fingerprint density at radius 2 is 2.83 bits per heavy atom. The molecule has 0 fully saturated rings. The number of rotatable bonds is 0. The Kier molecular flexibility index (Phi) is 1.05. The van der Waals surface area contributed by atoms with Gasteiger partial charge in [-0.25, -0.2) is 0 Å². The van der Waals surface area contributed by atoms with Crippen LogP contribution in [-0.2, 0) is 0 Å². The number of H-pyrrole nitrogens is 1. The fourth-order valence-corrected chi connectivity index (χ4v) is 0.477. The van der Waals surface area contributed by atoms with Gasteiger partial charge in [0.25, 0.3) is 0 Å². The van der Waals surface area contributed by atoms with Crippen molar-refractivity contribution in [2.75, 3.05) is 0 Å². The molecule has 4 heteroatoms. The SMILES string of the molecule is Brc1c[nH]bn1. The van der Waals surface area contributed by atoms with Gasteiger partial charge >= 0.3 is 43.7 Å². The summed E-state index contributed by atoms with van der Waals surface area (Å²) in [6.45, 7) is 0. The van der Waals surface area contributed by atoms with Crippen LogP contribution < -0.4 is 0 Å². The van der Waals surface area contributed by atoms with E-state index in [-0.39, 0.29) is 0 Å². The topological polar surface area (TPSA) is 28.7 Å². The summed E-state index contributed by atoms with van der Waals surface area (Å²) in [5.74, 6) is 0. The molecule has 0 atom stereocenters. The predicted molar refractivity (Wildman–Crippen MR) is 27.6 cm³/mol. The van der Waals surface area contributed by atoms with Crippen molar-refractivity contribution in [3.8, 4) is 0 Å². The zero-order chi connectivity index (χ0) is 4.41. The van der Waals surface area contributed by atoms with Crippen molar-refractivity contribution in [3.63, 3.8) is 0 Å². The summed E-state index contributed by atoms with van der Waals surface area (Å²) < 4.78 is 0.850. The van der Waals surface area contributed by atoms with Crippen molar-refractivity contribution in [1.82, 2.24) is 9.78 Å². The number of nitrogens with zero attached hydrogens (tertiary/aromatic N) is 1. The number of halogens is 1. The zero-order valence-corrected chi connectivity index (χ0v) is 4.57. The van der Waals surface area contributed by atoms with Crippen LogP contribution in [0.15, 0.2) is 10.8 Å². The van der Waals surface area contributed by atoms with E-state index in [1.165, 1.54) is 0 Å². The summed E-state index contributed by atoms with van der Waals surface area (Å²) in [4.78, 5) is 6.55. The average Bonchev–Trinajstić information content (AvgIpc) is 1.86. The Morgan fingerprint density at radius 3 is 3.00 bits per heavy atom. The number of hydrogen-bond acceptors (Lipinski definition) is 1. The van der Waals surface area contributed by atoms with Gasteiger partial charge in [0.05, 0.1) is 0 Å². The van der Waals surface area contributed by atoms with Crippen molar-refractivity contribution >= 4 is 23.1 Å². The Labute approximate surface area is 44.4 Å². The number of aromatic amines is 1. The molecule has 2 nitrogen and oxygen atoms in total. The Hall–Kier alpha value is -0.115. The van der Waals surface area contributed by atoms with Crippen molar-refractivity contribution in [2.24, 2.45) is 0 Å². The van der Waals surface area contributed by atoms with Gasteiger partial charge in [-0.15, -0.1) is 0 Å². The maximum absolute atomic E-state index is 3.78. The van der Waals surface area contributed by atoms with Crippen LogP contribution in [-0.4, -0.2) is 17.0 Å². The van der Waals surface area contributed by atoms with E-state index in [1.54, 1.807) is 13.4 Å². The molecule has 1 aromatic rings. The van der Waals surface area contributed by atoms with E-state index >= 15 is 0 Å². The number of nitrogens with one attached hydrogen (secondary N) is 1. The molecule has 0 aliphatic heterocycles. The number of aromatic nitrogens is 2. The minimum absolute atomic E-state index is 0.850. The summed E-state index contributed by atoms with van der Waals surface area (Å²) in [5.41, 5.74) is 0. The van der Waals surface area contributed by atoms with Gasteiger partial charge in [0.15, 0.2) is 0 Å². The second kappa shape index (κ2) is 1.56. The van der Waals surface area contributed by atoms with Crippen LogP contribution in [0.3, 0.4) is 0 Å². The standard InChI is InChI=1S/C2H2BBrN2/c4-2-1-5-3-6-2/h1,5H.